The second-order valence-electron chi connectivity index (χ2n) is 5.18. The Morgan fingerprint density at radius 2 is 1.60 bits per heavy atom. The molecule has 2 aromatic carbocycles. The monoisotopic (exact) mass is 268 g/mol. The molecule has 2 N–H and O–H groups in total. The Balaban J connectivity index is 1.47. The summed E-state index contributed by atoms with van der Waals surface area (Å²) in [7, 11) is 0. The molecule has 0 saturated heterocycles. The van der Waals surface area contributed by atoms with Gasteiger partial charge < -0.3 is 10.5 Å². The van der Waals surface area contributed by atoms with Crippen molar-refractivity contribution in [1.29, 1.82) is 0 Å². The van der Waals surface area contributed by atoms with E-state index in [0.717, 1.165) is 37.6 Å². The maximum atomic E-state index is 5.78. The number of nitrogens with two attached hydrogens (primary N) is 1. The summed E-state index contributed by atoms with van der Waals surface area (Å²) in [6, 6.07) is 16.6. The molecule has 0 fully saturated rings. The van der Waals surface area contributed by atoms with E-state index in [1.54, 1.807) is 0 Å². The highest BCUT2D eigenvalue weighted by molar-refractivity contribution is 5.30. The van der Waals surface area contributed by atoms with Crippen LogP contribution >= 0.6 is 0 Å². The van der Waals surface area contributed by atoms with Crippen LogP contribution in [0.2, 0.25) is 0 Å². The van der Waals surface area contributed by atoms with Crippen molar-refractivity contribution in [1.82, 2.24) is 4.90 Å². The van der Waals surface area contributed by atoms with Crippen LogP contribution in [0.15, 0.2) is 48.5 Å². The summed E-state index contributed by atoms with van der Waals surface area (Å²) in [5.74, 6) is 0.916. The van der Waals surface area contributed by atoms with Gasteiger partial charge in [-0.1, -0.05) is 36.4 Å². The van der Waals surface area contributed by atoms with Gasteiger partial charge in [-0.2, -0.15) is 0 Å². The van der Waals surface area contributed by atoms with Crippen molar-refractivity contribution in [3.05, 3.63) is 65.2 Å². The van der Waals surface area contributed by atoms with E-state index in [4.69, 9.17) is 10.5 Å². The van der Waals surface area contributed by atoms with Crippen LogP contribution < -0.4 is 10.5 Å². The van der Waals surface area contributed by atoms with Crippen molar-refractivity contribution in [2.75, 3.05) is 13.2 Å². The molecule has 3 nitrogen and oxygen atoms in total. The molecule has 0 amide bonds. The smallest absolute Gasteiger partial charge is 0.119 e. The van der Waals surface area contributed by atoms with Crippen LogP contribution in [0.25, 0.3) is 0 Å². The van der Waals surface area contributed by atoms with Crippen LogP contribution in [0.4, 0.5) is 0 Å². The van der Waals surface area contributed by atoms with Crippen molar-refractivity contribution >= 4 is 0 Å². The minimum Gasteiger partial charge on any atom is -0.492 e. The average Bonchev–Trinajstić information content (AvgIpc) is 2.90. The molecule has 0 saturated carbocycles. The fraction of sp³-hybridized carbons (Fsp3) is 0.294. The summed E-state index contributed by atoms with van der Waals surface area (Å²) >= 11 is 0. The Bertz CT molecular complexity index is 540. The van der Waals surface area contributed by atoms with E-state index in [9.17, 15) is 0 Å². The molecule has 104 valence electrons. The van der Waals surface area contributed by atoms with Crippen molar-refractivity contribution < 1.29 is 4.74 Å². The molecule has 2 aromatic rings. The third-order valence-corrected chi connectivity index (χ3v) is 3.74. The third-order valence-electron chi connectivity index (χ3n) is 3.74. The molecule has 0 bridgehead atoms. The molecule has 1 heterocycles. The molecule has 3 heteroatoms. The average molecular weight is 268 g/mol. The van der Waals surface area contributed by atoms with Crippen LogP contribution in [-0.4, -0.2) is 18.1 Å². The van der Waals surface area contributed by atoms with E-state index < -0.39 is 0 Å². The summed E-state index contributed by atoms with van der Waals surface area (Å²) in [6.07, 6.45) is 0. The zero-order valence-electron chi connectivity index (χ0n) is 11.6. The van der Waals surface area contributed by atoms with Crippen LogP contribution in [0, 0.1) is 0 Å². The first kappa shape index (κ1) is 13.2. The molecular weight excluding hydrogens is 248 g/mol. The van der Waals surface area contributed by atoms with Gasteiger partial charge >= 0.3 is 0 Å². The first-order chi connectivity index (χ1) is 9.85. The van der Waals surface area contributed by atoms with Gasteiger partial charge in [-0.25, -0.2) is 0 Å². The zero-order valence-corrected chi connectivity index (χ0v) is 11.6. The quantitative estimate of drug-likeness (QED) is 0.905. The molecule has 1 aliphatic rings. The summed E-state index contributed by atoms with van der Waals surface area (Å²) in [6.45, 7) is 4.31. The lowest BCUT2D eigenvalue weighted by atomic mass is 10.1. The molecule has 0 unspecified atom stereocenters. The Labute approximate surface area is 120 Å². The maximum Gasteiger partial charge on any atom is 0.119 e. The highest BCUT2D eigenvalue weighted by Crippen LogP contribution is 2.21. The van der Waals surface area contributed by atoms with Crippen LogP contribution in [0.3, 0.4) is 0 Å². The lowest BCUT2D eigenvalue weighted by molar-refractivity contribution is 0.211. The summed E-state index contributed by atoms with van der Waals surface area (Å²) in [4.78, 5) is 2.42. The van der Waals surface area contributed by atoms with Gasteiger partial charge in [-0.15, -0.1) is 0 Å². The Morgan fingerprint density at radius 1 is 0.950 bits per heavy atom. The number of rotatable bonds is 5. The van der Waals surface area contributed by atoms with Crippen LogP contribution in [0.5, 0.6) is 5.75 Å². The Hall–Kier alpha value is -1.84. The molecule has 0 spiro atoms. The number of benzene rings is 2. The largest absolute Gasteiger partial charge is 0.492 e. The predicted molar refractivity (Wildman–Crippen MR) is 80.4 cm³/mol. The first-order valence-corrected chi connectivity index (χ1v) is 7.06. The number of hydrogen-bond donors (Lipinski definition) is 1. The fourth-order valence-corrected chi connectivity index (χ4v) is 2.58. The summed E-state index contributed by atoms with van der Waals surface area (Å²) < 4.78 is 5.78. The van der Waals surface area contributed by atoms with E-state index in [1.807, 2.05) is 24.3 Å². The zero-order chi connectivity index (χ0) is 13.8. The van der Waals surface area contributed by atoms with E-state index in [2.05, 4.69) is 29.2 Å². The topological polar surface area (TPSA) is 38.5 Å². The van der Waals surface area contributed by atoms with Crippen LogP contribution in [-0.2, 0) is 19.6 Å². The molecule has 1 aliphatic heterocycles. The van der Waals surface area contributed by atoms with E-state index in [-0.39, 0.29) is 0 Å². The van der Waals surface area contributed by atoms with Crippen LogP contribution in [0.1, 0.15) is 16.7 Å². The third kappa shape index (κ3) is 3.00. The second kappa shape index (κ2) is 6.07. The summed E-state index contributed by atoms with van der Waals surface area (Å²) in [5, 5.41) is 0. The van der Waals surface area contributed by atoms with Crippen molar-refractivity contribution in [2.45, 2.75) is 19.6 Å². The molecule has 20 heavy (non-hydrogen) atoms. The van der Waals surface area contributed by atoms with Gasteiger partial charge in [0.1, 0.15) is 12.4 Å². The standard InChI is InChI=1S/C17H20N2O/c18-11-14-5-7-17(8-6-14)20-10-9-19-12-15-3-1-2-4-16(15)13-19/h1-8H,9-13,18H2. The molecular formula is C17H20N2O. The van der Waals surface area contributed by atoms with Gasteiger partial charge in [0, 0.05) is 26.2 Å². The van der Waals surface area contributed by atoms with Crippen molar-refractivity contribution in [3.8, 4) is 5.75 Å². The first-order valence-electron chi connectivity index (χ1n) is 7.06. The lowest BCUT2D eigenvalue weighted by Gasteiger charge is -2.15. The minimum absolute atomic E-state index is 0.576. The number of hydrogen-bond acceptors (Lipinski definition) is 3. The SMILES string of the molecule is NCc1ccc(OCCN2Cc3ccccc3C2)cc1. The number of ether oxygens (including phenoxy) is 1. The highest BCUT2D eigenvalue weighted by Gasteiger charge is 2.17. The Morgan fingerprint density at radius 3 is 2.20 bits per heavy atom. The predicted octanol–water partition coefficient (Wildman–Crippen LogP) is 2.54. The van der Waals surface area contributed by atoms with Gasteiger partial charge in [0.25, 0.3) is 0 Å². The molecule has 0 aromatic heterocycles. The van der Waals surface area contributed by atoms with Crippen molar-refractivity contribution in [2.24, 2.45) is 5.73 Å². The van der Waals surface area contributed by atoms with Gasteiger partial charge in [0.15, 0.2) is 0 Å². The van der Waals surface area contributed by atoms with Gasteiger partial charge in [0.05, 0.1) is 0 Å². The Kier molecular flexibility index (Phi) is 4.00. The number of fused-ring (bicyclic) bond motifs is 1. The molecule has 3 rings (SSSR count). The van der Waals surface area contributed by atoms with E-state index >= 15 is 0 Å². The molecule has 0 radical (unpaired) electrons. The fourth-order valence-electron chi connectivity index (χ4n) is 2.58. The van der Waals surface area contributed by atoms with Gasteiger partial charge in [-0.3, -0.25) is 4.90 Å². The van der Waals surface area contributed by atoms with Gasteiger partial charge in [-0.05, 0) is 28.8 Å². The lowest BCUT2D eigenvalue weighted by Crippen LogP contribution is -2.22. The second-order valence-corrected chi connectivity index (χ2v) is 5.18. The normalized spacial score (nSPS) is 14.2. The molecule has 0 atom stereocenters. The van der Waals surface area contributed by atoms with E-state index in [0.29, 0.717) is 6.54 Å². The highest BCUT2D eigenvalue weighted by atomic mass is 16.5. The summed E-state index contributed by atoms with van der Waals surface area (Å²) in [5.41, 5.74) is 9.60. The van der Waals surface area contributed by atoms with Gasteiger partial charge in [0.2, 0.25) is 0 Å². The van der Waals surface area contributed by atoms with E-state index in [1.165, 1.54) is 11.1 Å². The number of nitrogens with zero attached hydrogens (tertiary/aromatic N) is 1. The maximum absolute atomic E-state index is 5.78. The molecule has 0 aliphatic carbocycles. The van der Waals surface area contributed by atoms with Crippen molar-refractivity contribution in [3.63, 3.8) is 0 Å². The minimum atomic E-state index is 0.576.